The number of carbonyl (C=O) groups is 2. The van der Waals surface area contributed by atoms with Crippen LogP contribution in [-0.4, -0.2) is 22.2 Å². The fraction of sp³-hybridized carbons (Fsp3) is 0.273. The molecule has 1 rings (SSSR count). The molecule has 4 heteroatoms. The summed E-state index contributed by atoms with van der Waals surface area (Å²) in [5.74, 6) is -4.55. The van der Waals surface area contributed by atoms with E-state index in [0.717, 1.165) is 0 Å². The zero-order chi connectivity index (χ0) is 11.4. The van der Waals surface area contributed by atoms with Gasteiger partial charge in [-0.15, -0.1) is 0 Å². The third kappa shape index (κ3) is 2.56. The molecule has 0 unspecified atom stereocenters. The van der Waals surface area contributed by atoms with Gasteiger partial charge < -0.3 is 10.2 Å². The van der Waals surface area contributed by atoms with Crippen molar-refractivity contribution in [1.29, 1.82) is 0 Å². The maximum Gasteiger partial charge on any atom is 0.318 e. The Balaban J connectivity index is 2.96. The molecule has 0 heterocycles. The highest BCUT2D eigenvalue weighted by Crippen LogP contribution is 2.24. The second-order valence-corrected chi connectivity index (χ2v) is 3.35. The van der Waals surface area contributed by atoms with Crippen LogP contribution in [0.1, 0.15) is 18.4 Å². The van der Waals surface area contributed by atoms with Gasteiger partial charge in [0.1, 0.15) is 0 Å². The average Bonchev–Trinajstić information content (AvgIpc) is 2.18. The Morgan fingerprint density at radius 2 is 1.53 bits per heavy atom. The van der Waals surface area contributed by atoms with Gasteiger partial charge in [-0.2, -0.15) is 0 Å². The Morgan fingerprint density at radius 3 is 1.93 bits per heavy atom. The standard InChI is InChI=1S/C11H12O4/c1-7(8-5-3-2-4-6-8)9(10(12)13)11(14)15/h2-7,9H,1H3,(H,12,13)(H,14,15)/t7-/m0/s1. The summed E-state index contributed by atoms with van der Waals surface area (Å²) in [6.07, 6.45) is 0. The van der Waals surface area contributed by atoms with E-state index in [1.165, 1.54) is 0 Å². The molecule has 0 aliphatic rings. The van der Waals surface area contributed by atoms with Gasteiger partial charge >= 0.3 is 11.9 Å². The van der Waals surface area contributed by atoms with Crippen LogP contribution < -0.4 is 0 Å². The highest BCUT2D eigenvalue weighted by Gasteiger charge is 2.32. The molecule has 2 N–H and O–H groups in total. The van der Waals surface area contributed by atoms with Crippen molar-refractivity contribution in [3.8, 4) is 0 Å². The minimum Gasteiger partial charge on any atom is -0.481 e. The summed E-state index contributed by atoms with van der Waals surface area (Å²) < 4.78 is 0. The van der Waals surface area contributed by atoms with E-state index in [1.807, 2.05) is 0 Å². The summed E-state index contributed by atoms with van der Waals surface area (Å²) in [7, 11) is 0. The molecule has 0 saturated carbocycles. The Bertz CT molecular complexity index is 344. The molecule has 1 aromatic carbocycles. The number of benzene rings is 1. The number of aliphatic carboxylic acids is 2. The van der Waals surface area contributed by atoms with Gasteiger partial charge in [-0.3, -0.25) is 9.59 Å². The van der Waals surface area contributed by atoms with Crippen LogP contribution in [0.15, 0.2) is 30.3 Å². The number of carboxylic acids is 2. The number of carboxylic acid groups (broad SMARTS) is 2. The van der Waals surface area contributed by atoms with Crippen molar-refractivity contribution in [2.75, 3.05) is 0 Å². The molecular weight excluding hydrogens is 196 g/mol. The van der Waals surface area contributed by atoms with Crippen LogP contribution in [0.5, 0.6) is 0 Å². The third-order valence-corrected chi connectivity index (χ3v) is 2.36. The molecule has 0 saturated heterocycles. The van der Waals surface area contributed by atoms with E-state index in [9.17, 15) is 9.59 Å². The van der Waals surface area contributed by atoms with Crippen molar-refractivity contribution < 1.29 is 19.8 Å². The zero-order valence-corrected chi connectivity index (χ0v) is 8.25. The molecule has 1 atom stereocenters. The summed E-state index contributed by atoms with van der Waals surface area (Å²) in [5.41, 5.74) is 0.715. The van der Waals surface area contributed by atoms with Gasteiger partial charge in [-0.25, -0.2) is 0 Å². The van der Waals surface area contributed by atoms with Crippen molar-refractivity contribution in [2.45, 2.75) is 12.8 Å². The lowest BCUT2D eigenvalue weighted by Crippen LogP contribution is -2.28. The quantitative estimate of drug-likeness (QED) is 0.736. The van der Waals surface area contributed by atoms with Crippen LogP contribution in [0.4, 0.5) is 0 Å². The molecule has 0 spiro atoms. The van der Waals surface area contributed by atoms with Crippen LogP contribution in [0.2, 0.25) is 0 Å². The number of rotatable bonds is 4. The molecule has 15 heavy (non-hydrogen) atoms. The smallest absolute Gasteiger partial charge is 0.318 e. The van der Waals surface area contributed by atoms with Crippen LogP contribution in [0.25, 0.3) is 0 Å². The number of hydrogen-bond donors (Lipinski definition) is 2. The predicted octanol–water partition coefficient (Wildman–Crippen LogP) is 1.58. The van der Waals surface area contributed by atoms with Crippen LogP contribution >= 0.6 is 0 Å². The first-order valence-electron chi connectivity index (χ1n) is 4.54. The zero-order valence-electron chi connectivity index (χ0n) is 8.25. The molecule has 4 nitrogen and oxygen atoms in total. The fourth-order valence-corrected chi connectivity index (χ4v) is 1.48. The first kappa shape index (κ1) is 11.2. The van der Waals surface area contributed by atoms with Crippen molar-refractivity contribution in [3.63, 3.8) is 0 Å². The Hall–Kier alpha value is -1.84. The van der Waals surface area contributed by atoms with E-state index in [1.54, 1.807) is 37.3 Å². The summed E-state index contributed by atoms with van der Waals surface area (Å²) >= 11 is 0. The molecule has 1 aromatic rings. The summed E-state index contributed by atoms with van der Waals surface area (Å²) in [6.45, 7) is 1.60. The maximum atomic E-state index is 10.8. The van der Waals surface area contributed by atoms with Crippen LogP contribution in [0.3, 0.4) is 0 Å². The maximum absolute atomic E-state index is 10.8. The minimum absolute atomic E-state index is 0.541. The molecular formula is C11H12O4. The highest BCUT2D eigenvalue weighted by molar-refractivity contribution is 5.94. The second kappa shape index (κ2) is 4.59. The summed E-state index contributed by atoms with van der Waals surface area (Å²) in [5, 5.41) is 17.6. The van der Waals surface area contributed by atoms with E-state index in [2.05, 4.69) is 0 Å². The van der Waals surface area contributed by atoms with Crippen molar-refractivity contribution in [1.82, 2.24) is 0 Å². The topological polar surface area (TPSA) is 74.6 Å². The Labute approximate surface area is 87.2 Å². The third-order valence-electron chi connectivity index (χ3n) is 2.36. The second-order valence-electron chi connectivity index (χ2n) is 3.35. The molecule has 80 valence electrons. The van der Waals surface area contributed by atoms with Crippen LogP contribution in [-0.2, 0) is 9.59 Å². The molecule has 0 radical (unpaired) electrons. The predicted molar refractivity (Wildman–Crippen MR) is 53.6 cm³/mol. The van der Waals surface area contributed by atoms with Gasteiger partial charge in [0.05, 0.1) is 0 Å². The van der Waals surface area contributed by atoms with Crippen molar-refractivity contribution in [3.05, 3.63) is 35.9 Å². The lowest BCUT2D eigenvalue weighted by atomic mass is 9.88. The molecule has 0 aliphatic heterocycles. The van der Waals surface area contributed by atoms with E-state index >= 15 is 0 Å². The Morgan fingerprint density at radius 1 is 1.07 bits per heavy atom. The average molecular weight is 208 g/mol. The molecule has 0 fully saturated rings. The molecule has 0 amide bonds. The van der Waals surface area contributed by atoms with E-state index < -0.39 is 23.8 Å². The monoisotopic (exact) mass is 208 g/mol. The minimum atomic E-state index is -1.40. The highest BCUT2D eigenvalue weighted by atomic mass is 16.4. The summed E-state index contributed by atoms with van der Waals surface area (Å²) in [6, 6.07) is 8.76. The molecule has 0 bridgehead atoms. The van der Waals surface area contributed by atoms with Gasteiger partial charge in [-0.05, 0) is 5.56 Å². The van der Waals surface area contributed by atoms with E-state index in [-0.39, 0.29) is 0 Å². The van der Waals surface area contributed by atoms with Gasteiger partial charge in [0.2, 0.25) is 0 Å². The Kier molecular flexibility index (Phi) is 3.44. The van der Waals surface area contributed by atoms with Crippen molar-refractivity contribution >= 4 is 11.9 Å². The normalized spacial score (nSPS) is 12.4. The van der Waals surface area contributed by atoms with E-state index in [0.29, 0.717) is 5.56 Å². The number of hydrogen-bond acceptors (Lipinski definition) is 2. The van der Waals surface area contributed by atoms with Gasteiger partial charge in [0, 0.05) is 5.92 Å². The van der Waals surface area contributed by atoms with E-state index in [4.69, 9.17) is 10.2 Å². The fourth-order valence-electron chi connectivity index (χ4n) is 1.48. The van der Waals surface area contributed by atoms with Gasteiger partial charge in [0.15, 0.2) is 5.92 Å². The first-order chi connectivity index (χ1) is 7.04. The van der Waals surface area contributed by atoms with Crippen molar-refractivity contribution in [2.24, 2.45) is 5.92 Å². The van der Waals surface area contributed by atoms with Gasteiger partial charge in [-0.1, -0.05) is 37.3 Å². The largest absolute Gasteiger partial charge is 0.481 e. The SMILES string of the molecule is C[C@@H](c1ccccc1)C(C(=O)O)C(=O)O. The molecule has 0 aliphatic carbocycles. The summed E-state index contributed by atoms with van der Waals surface area (Å²) in [4.78, 5) is 21.5. The lowest BCUT2D eigenvalue weighted by Gasteiger charge is -2.16. The van der Waals surface area contributed by atoms with Gasteiger partial charge in [0.25, 0.3) is 0 Å². The lowest BCUT2D eigenvalue weighted by molar-refractivity contribution is -0.155. The molecule has 0 aromatic heterocycles. The first-order valence-corrected chi connectivity index (χ1v) is 4.54. The van der Waals surface area contributed by atoms with Crippen LogP contribution in [0, 0.1) is 5.92 Å².